The van der Waals surface area contributed by atoms with Gasteiger partial charge in [0, 0.05) is 12.2 Å². The molecule has 0 amide bonds. The molecule has 2 aromatic carbocycles. The molecule has 0 spiro atoms. The first-order chi connectivity index (χ1) is 10.0. The lowest BCUT2D eigenvalue weighted by Gasteiger charge is -2.10. The SMILES string of the molecule is FC(F)(F)c1ccc(NCc2ccc(C3CC3)cc2)cc1. The van der Waals surface area contributed by atoms with Gasteiger partial charge in [0.2, 0.25) is 0 Å². The minimum atomic E-state index is -4.28. The molecule has 0 bridgehead atoms. The van der Waals surface area contributed by atoms with Crippen LogP contribution in [0.15, 0.2) is 48.5 Å². The second kappa shape index (κ2) is 5.43. The summed E-state index contributed by atoms with van der Waals surface area (Å²) in [5.74, 6) is 0.738. The third-order valence-electron chi connectivity index (χ3n) is 3.74. The van der Waals surface area contributed by atoms with Gasteiger partial charge in [-0.25, -0.2) is 0 Å². The van der Waals surface area contributed by atoms with Gasteiger partial charge in [0.15, 0.2) is 0 Å². The summed E-state index contributed by atoms with van der Waals surface area (Å²) in [6.07, 6.45) is -1.72. The number of hydrogen-bond donors (Lipinski definition) is 1. The van der Waals surface area contributed by atoms with E-state index in [1.165, 1.54) is 30.5 Å². The standard InChI is InChI=1S/C17H16F3N/c18-17(19,20)15-7-9-16(10-8-15)21-11-12-1-3-13(4-2-12)14-5-6-14/h1-4,7-10,14,21H,5-6,11H2. The van der Waals surface area contributed by atoms with Gasteiger partial charge in [0.05, 0.1) is 5.56 Å². The minimum absolute atomic E-state index is 0.607. The summed E-state index contributed by atoms with van der Waals surface area (Å²) < 4.78 is 37.4. The van der Waals surface area contributed by atoms with Crippen molar-refractivity contribution in [3.05, 3.63) is 65.2 Å². The van der Waals surface area contributed by atoms with E-state index in [2.05, 4.69) is 29.6 Å². The number of nitrogens with one attached hydrogen (secondary N) is 1. The van der Waals surface area contributed by atoms with Gasteiger partial charge in [-0.15, -0.1) is 0 Å². The third kappa shape index (κ3) is 3.57. The minimum Gasteiger partial charge on any atom is -0.381 e. The van der Waals surface area contributed by atoms with Gasteiger partial charge in [-0.1, -0.05) is 24.3 Å². The van der Waals surface area contributed by atoms with Crippen LogP contribution in [0, 0.1) is 0 Å². The first-order valence-electron chi connectivity index (χ1n) is 7.02. The molecule has 0 unspecified atom stereocenters. The Morgan fingerprint density at radius 3 is 2.05 bits per heavy atom. The Balaban J connectivity index is 1.59. The molecule has 1 aliphatic rings. The van der Waals surface area contributed by atoms with E-state index in [0.717, 1.165) is 23.6 Å². The van der Waals surface area contributed by atoms with E-state index in [1.807, 2.05) is 0 Å². The van der Waals surface area contributed by atoms with E-state index in [9.17, 15) is 13.2 Å². The summed E-state index contributed by atoms with van der Waals surface area (Å²) >= 11 is 0. The summed E-state index contributed by atoms with van der Waals surface area (Å²) in [7, 11) is 0. The average Bonchev–Trinajstić information content (AvgIpc) is 3.30. The molecule has 0 radical (unpaired) electrons. The van der Waals surface area contributed by atoms with Gasteiger partial charge in [0.1, 0.15) is 0 Å². The van der Waals surface area contributed by atoms with Gasteiger partial charge >= 0.3 is 6.18 Å². The molecule has 1 nitrogen and oxygen atoms in total. The summed E-state index contributed by atoms with van der Waals surface area (Å²) in [5.41, 5.74) is 2.57. The number of benzene rings is 2. The fourth-order valence-corrected chi connectivity index (χ4v) is 2.31. The highest BCUT2D eigenvalue weighted by Gasteiger charge is 2.29. The van der Waals surface area contributed by atoms with Crippen molar-refractivity contribution >= 4 is 5.69 Å². The summed E-state index contributed by atoms with van der Waals surface area (Å²) in [4.78, 5) is 0. The molecule has 1 aliphatic carbocycles. The molecule has 1 N–H and O–H groups in total. The molecule has 0 saturated heterocycles. The zero-order chi connectivity index (χ0) is 14.9. The zero-order valence-electron chi connectivity index (χ0n) is 11.5. The quantitative estimate of drug-likeness (QED) is 0.817. The lowest BCUT2D eigenvalue weighted by atomic mass is 10.1. The topological polar surface area (TPSA) is 12.0 Å². The van der Waals surface area contributed by atoms with Crippen LogP contribution in [0.4, 0.5) is 18.9 Å². The van der Waals surface area contributed by atoms with Crippen LogP contribution in [0.5, 0.6) is 0 Å². The van der Waals surface area contributed by atoms with Crippen molar-refractivity contribution in [2.24, 2.45) is 0 Å². The normalized spacial score (nSPS) is 15.0. The number of alkyl halides is 3. The van der Waals surface area contributed by atoms with Crippen molar-refractivity contribution in [1.82, 2.24) is 0 Å². The molecule has 4 heteroatoms. The number of rotatable bonds is 4. The Bertz CT molecular complexity index is 595. The lowest BCUT2D eigenvalue weighted by molar-refractivity contribution is -0.137. The molecule has 21 heavy (non-hydrogen) atoms. The maximum Gasteiger partial charge on any atom is 0.416 e. The second-order valence-corrected chi connectivity index (χ2v) is 5.44. The smallest absolute Gasteiger partial charge is 0.381 e. The number of hydrogen-bond acceptors (Lipinski definition) is 1. The molecule has 110 valence electrons. The predicted octanol–water partition coefficient (Wildman–Crippen LogP) is 5.19. The molecule has 3 rings (SSSR count). The Kier molecular flexibility index (Phi) is 3.62. The molecule has 2 aromatic rings. The van der Waals surface area contributed by atoms with E-state index in [1.54, 1.807) is 0 Å². The molecule has 0 aliphatic heterocycles. The Hall–Kier alpha value is -1.97. The van der Waals surface area contributed by atoms with E-state index in [0.29, 0.717) is 12.2 Å². The summed E-state index contributed by atoms with van der Waals surface area (Å²) in [6, 6.07) is 13.5. The van der Waals surface area contributed by atoms with Crippen LogP contribution in [0.25, 0.3) is 0 Å². The van der Waals surface area contributed by atoms with E-state index >= 15 is 0 Å². The predicted molar refractivity (Wildman–Crippen MR) is 77.2 cm³/mol. The molecule has 0 heterocycles. The van der Waals surface area contributed by atoms with Crippen LogP contribution in [0.1, 0.15) is 35.4 Å². The van der Waals surface area contributed by atoms with Crippen molar-refractivity contribution in [2.45, 2.75) is 31.5 Å². The van der Waals surface area contributed by atoms with Crippen molar-refractivity contribution in [1.29, 1.82) is 0 Å². The van der Waals surface area contributed by atoms with E-state index < -0.39 is 11.7 Å². The Morgan fingerprint density at radius 2 is 1.52 bits per heavy atom. The summed E-state index contributed by atoms with van der Waals surface area (Å²) in [6.45, 7) is 0.607. The van der Waals surface area contributed by atoms with Crippen molar-refractivity contribution < 1.29 is 13.2 Å². The third-order valence-corrected chi connectivity index (χ3v) is 3.74. The highest BCUT2D eigenvalue weighted by atomic mass is 19.4. The van der Waals surface area contributed by atoms with Gasteiger partial charge in [-0.3, -0.25) is 0 Å². The second-order valence-electron chi connectivity index (χ2n) is 5.44. The average molecular weight is 291 g/mol. The van der Waals surface area contributed by atoms with Crippen LogP contribution in [0.3, 0.4) is 0 Å². The highest BCUT2D eigenvalue weighted by molar-refractivity contribution is 5.45. The van der Waals surface area contributed by atoms with Crippen molar-refractivity contribution in [3.8, 4) is 0 Å². The largest absolute Gasteiger partial charge is 0.416 e. The van der Waals surface area contributed by atoms with Crippen LogP contribution in [-0.4, -0.2) is 0 Å². The highest BCUT2D eigenvalue weighted by Crippen LogP contribution is 2.39. The molecule has 1 saturated carbocycles. The zero-order valence-corrected chi connectivity index (χ0v) is 11.5. The van der Waals surface area contributed by atoms with Gasteiger partial charge in [0.25, 0.3) is 0 Å². The maximum atomic E-state index is 12.5. The number of anilines is 1. The lowest BCUT2D eigenvalue weighted by Crippen LogP contribution is -2.05. The van der Waals surface area contributed by atoms with Gasteiger partial charge in [-0.2, -0.15) is 13.2 Å². The monoisotopic (exact) mass is 291 g/mol. The Labute approximate surface area is 121 Å². The van der Waals surface area contributed by atoms with Crippen LogP contribution < -0.4 is 5.32 Å². The fourth-order valence-electron chi connectivity index (χ4n) is 2.31. The van der Waals surface area contributed by atoms with E-state index in [4.69, 9.17) is 0 Å². The van der Waals surface area contributed by atoms with Crippen LogP contribution in [0.2, 0.25) is 0 Å². The van der Waals surface area contributed by atoms with Crippen LogP contribution in [-0.2, 0) is 12.7 Å². The molecular formula is C17H16F3N. The Morgan fingerprint density at radius 1 is 0.905 bits per heavy atom. The van der Waals surface area contributed by atoms with Gasteiger partial charge < -0.3 is 5.32 Å². The maximum absolute atomic E-state index is 12.5. The first kappa shape index (κ1) is 14.0. The molecule has 0 atom stereocenters. The summed E-state index contributed by atoms with van der Waals surface area (Å²) in [5, 5.41) is 3.14. The van der Waals surface area contributed by atoms with Crippen molar-refractivity contribution in [2.75, 3.05) is 5.32 Å². The molecule has 0 aromatic heterocycles. The van der Waals surface area contributed by atoms with Gasteiger partial charge in [-0.05, 0) is 54.2 Å². The fraction of sp³-hybridized carbons (Fsp3) is 0.294. The first-order valence-corrected chi connectivity index (χ1v) is 7.02. The molecular weight excluding hydrogens is 275 g/mol. The van der Waals surface area contributed by atoms with E-state index in [-0.39, 0.29) is 0 Å². The van der Waals surface area contributed by atoms with Crippen LogP contribution >= 0.6 is 0 Å². The number of halogens is 3. The van der Waals surface area contributed by atoms with Crippen molar-refractivity contribution in [3.63, 3.8) is 0 Å². The molecule has 1 fully saturated rings.